The van der Waals surface area contributed by atoms with E-state index in [1.165, 1.54) is 0 Å². The van der Waals surface area contributed by atoms with Gasteiger partial charge in [-0.1, -0.05) is 24.6 Å². The molecule has 0 aromatic heterocycles. The number of ether oxygens (including phenoxy) is 1. The maximum Gasteiger partial charge on any atom is 0.306 e. The zero-order valence-electron chi connectivity index (χ0n) is 12.7. The second kappa shape index (κ2) is 8.41. The van der Waals surface area contributed by atoms with Crippen molar-refractivity contribution in [3.63, 3.8) is 0 Å². The standard InChI is InChI=1S/C17H23NO4/c19-16(13-6-4-7-14(12-13)17(20)21)18-10-5-11-22-15-8-2-1-3-9-15/h1-3,8-9,13-14H,4-7,10-12H2,(H,18,19)(H,20,21). The Kier molecular flexibility index (Phi) is 6.25. The number of carbonyl (C=O) groups excluding carboxylic acids is 1. The molecule has 1 aliphatic rings. The van der Waals surface area contributed by atoms with Crippen LogP contribution in [0.15, 0.2) is 30.3 Å². The number of para-hydroxylation sites is 1. The molecule has 22 heavy (non-hydrogen) atoms. The minimum Gasteiger partial charge on any atom is -0.494 e. The fourth-order valence-corrected chi connectivity index (χ4v) is 2.79. The monoisotopic (exact) mass is 305 g/mol. The van der Waals surface area contributed by atoms with Crippen LogP contribution in [0, 0.1) is 11.8 Å². The van der Waals surface area contributed by atoms with Gasteiger partial charge < -0.3 is 15.2 Å². The van der Waals surface area contributed by atoms with Gasteiger partial charge in [0.1, 0.15) is 5.75 Å². The first-order valence-corrected chi connectivity index (χ1v) is 7.85. The molecule has 0 saturated heterocycles. The normalized spacial score (nSPS) is 21.1. The number of hydrogen-bond acceptors (Lipinski definition) is 3. The lowest BCUT2D eigenvalue weighted by Gasteiger charge is -2.25. The van der Waals surface area contributed by atoms with Crippen molar-refractivity contribution < 1.29 is 19.4 Å². The Hall–Kier alpha value is -2.04. The number of benzene rings is 1. The first-order chi connectivity index (χ1) is 10.7. The number of hydrogen-bond donors (Lipinski definition) is 2. The number of carboxylic acid groups (broad SMARTS) is 1. The Balaban J connectivity index is 1.62. The molecule has 5 heteroatoms. The number of amides is 1. The van der Waals surface area contributed by atoms with Gasteiger partial charge in [-0.15, -0.1) is 0 Å². The first-order valence-electron chi connectivity index (χ1n) is 7.85. The topological polar surface area (TPSA) is 75.6 Å². The van der Waals surface area contributed by atoms with E-state index in [-0.39, 0.29) is 17.7 Å². The van der Waals surface area contributed by atoms with Crippen LogP contribution in [0.1, 0.15) is 32.1 Å². The molecule has 0 heterocycles. The summed E-state index contributed by atoms with van der Waals surface area (Å²) in [6.07, 6.45) is 3.48. The van der Waals surface area contributed by atoms with Crippen LogP contribution in [0.4, 0.5) is 0 Å². The van der Waals surface area contributed by atoms with E-state index in [9.17, 15) is 9.59 Å². The number of carboxylic acids is 1. The highest BCUT2D eigenvalue weighted by atomic mass is 16.5. The lowest BCUT2D eigenvalue weighted by atomic mass is 9.81. The van der Waals surface area contributed by atoms with Gasteiger partial charge in [-0.25, -0.2) is 0 Å². The van der Waals surface area contributed by atoms with Gasteiger partial charge in [0, 0.05) is 12.5 Å². The molecule has 2 atom stereocenters. The van der Waals surface area contributed by atoms with Gasteiger partial charge in [-0.05, 0) is 37.8 Å². The lowest BCUT2D eigenvalue weighted by molar-refractivity contribution is -0.144. The highest BCUT2D eigenvalue weighted by Crippen LogP contribution is 2.29. The third-order valence-corrected chi connectivity index (χ3v) is 4.03. The van der Waals surface area contributed by atoms with Crippen LogP contribution in [0.5, 0.6) is 5.75 Å². The molecular weight excluding hydrogens is 282 g/mol. The molecule has 2 N–H and O–H groups in total. The average Bonchev–Trinajstić information content (AvgIpc) is 2.55. The number of nitrogens with one attached hydrogen (secondary N) is 1. The quantitative estimate of drug-likeness (QED) is 0.759. The smallest absolute Gasteiger partial charge is 0.306 e. The van der Waals surface area contributed by atoms with Crippen LogP contribution < -0.4 is 10.1 Å². The molecular formula is C17H23NO4. The molecule has 0 bridgehead atoms. The zero-order chi connectivity index (χ0) is 15.8. The zero-order valence-corrected chi connectivity index (χ0v) is 12.7. The molecule has 1 aliphatic carbocycles. The highest BCUT2D eigenvalue weighted by Gasteiger charge is 2.30. The van der Waals surface area contributed by atoms with E-state index in [1.54, 1.807) is 0 Å². The van der Waals surface area contributed by atoms with E-state index in [1.807, 2.05) is 30.3 Å². The minimum absolute atomic E-state index is 0.0225. The lowest BCUT2D eigenvalue weighted by Crippen LogP contribution is -2.36. The van der Waals surface area contributed by atoms with Crippen LogP contribution in [-0.4, -0.2) is 30.1 Å². The van der Waals surface area contributed by atoms with Crippen LogP contribution >= 0.6 is 0 Å². The Labute approximate surface area is 130 Å². The summed E-state index contributed by atoms with van der Waals surface area (Å²) in [6, 6.07) is 9.55. The van der Waals surface area contributed by atoms with Crippen molar-refractivity contribution in [1.82, 2.24) is 5.32 Å². The van der Waals surface area contributed by atoms with Gasteiger partial charge in [0.2, 0.25) is 5.91 Å². The third-order valence-electron chi connectivity index (χ3n) is 4.03. The molecule has 1 saturated carbocycles. The minimum atomic E-state index is -0.784. The molecule has 0 aliphatic heterocycles. The molecule has 120 valence electrons. The summed E-state index contributed by atoms with van der Waals surface area (Å²) in [4.78, 5) is 23.1. The Bertz CT molecular complexity index is 489. The predicted molar refractivity (Wildman–Crippen MR) is 82.6 cm³/mol. The molecule has 2 unspecified atom stereocenters. The maximum absolute atomic E-state index is 12.1. The van der Waals surface area contributed by atoms with Crippen molar-refractivity contribution >= 4 is 11.9 Å². The van der Waals surface area contributed by atoms with Gasteiger partial charge in [0.05, 0.1) is 12.5 Å². The van der Waals surface area contributed by atoms with E-state index in [4.69, 9.17) is 9.84 Å². The fourth-order valence-electron chi connectivity index (χ4n) is 2.79. The summed E-state index contributed by atoms with van der Waals surface area (Å²) in [5.41, 5.74) is 0. The van der Waals surface area contributed by atoms with Crippen LogP contribution in [0.3, 0.4) is 0 Å². The second-order valence-electron chi connectivity index (χ2n) is 5.70. The van der Waals surface area contributed by atoms with E-state index in [2.05, 4.69) is 5.32 Å². The molecule has 0 spiro atoms. The van der Waals surface area contributed by atoms with Crippen molar-refractivity contribution in [3.8, 4) is 5.75 Å². The van der Waals surface area contributed by atoms with Crippen LogP contribution in [-0.2, 0) is 9.59 Å². The molecule has 5 nitrogen and oxygen atoms in total. The second-order valence-corrected chi connectivity index (χ2v) is 5.70. The Morgan fingerprint density at radius 3 is 2.64 bits per heavy atom. The first kappa shape index (κ1) is 16.3. The molecule has 1 amide bonds. The molecule has 1 aromatic carbocycles. The summed E-state index contributed by atoms with van der Waals surface area (Å²) in [5.74, 6) is -0.513. The van der Waals surface area contributed by atoms with Gasteiger partial charge in [0.25, 0.3) is 0 Å². The number of rotatable bonds is 7. The summed E-state index contributed by atoms with van der Waals surface area (Å²) < 4.78 is 5.55. The molecule has 2 rings (SSSR count). The summed E-state index contributed by atoms with van der Waals surface area (Å²) in [6.45, 7) is 1.10. The van der Waals surface area contributed by atoms with E-state index in [0.717, 1.165) is 25.0 Å². The van der Waals surface area contributed by atoms with Crippen molar-refractivity contribution in [2.24, 2.45) is 11.8 Å². The number of carbonyl (C=O) groups is 2. The SMILES string of the molecule is O=C(O)C1CCCC(C(=O)NCCCOc2ccccc2)C1. The number of aliphatic carboxylic acids is 1. The Morgan fingerprint density at radius 2 is 1.91 bits per heavy atom. The third kappa shape index (κ3) is 5.06. The van der Waals surface area contributed by atoms with Crippen molar-refractivity contribution in [3.05, 3.63) is 30.3 Å². The van der Waals surface area contributed by atoms with E-state index >= 15 is 0 Å². The molecule has 1 fully saturated rings. The fraction of sp³-hybridized carbons (Fsp3) is 0.529. The molecule has 1 aromatic rings. The van der Waals surface area contributed by atoms with Crippen molar-refractivity contribution in [2.45, 2.75) is 32.1 Å². The Morgan fingerprint density at radius 1 is 1.18 bits per heavy atom. The van der Waals surface area contributed by atoms with Gasteiger partial charge in [-0.2, -0.15) is 0 Å². The van der Waals surface area contributed by atoms with Crippen LogP contribution in [0.25, 0.3) is 0 Å². The summed E-state index contributed by atoms with van der Waals surface area (Å²) in [7, 11) is 0. The predicted octanol–water partition coefficient (Wildman–Crippen LogP) is 2.46. The van der Waals surface area contributed by atoms with Crippen molar-refractivity contribution in [2.75, 3.05) is 13.2 Å². The largest absolute Gasteiger partial charge is 0.494 e. The summed E-state index contributed by atoms with van der Waals surface area (Å²) >= 11 is 0. The average molecular weight is 305 g/mol. The van der Waals surface area contributed by atoms with E-state index in [0.29, 0.717) is 26.0 Å². The molecule has 0 radical (unpaired) electrons. The van der Waals surface area contributed by atoms with Gasteiger partial charge in [-0.3, -0.25) is 9.59 Å². The summed E-state index contributed by atoms with van der Waals surface area (Å²) in [5, 5.41) is 11.9. The van der Waals surface area contributed by atoms with E-state index < -0.39 is 5.97 Å². The van der Waals surface area contributed by atoms with Gasteiger partial charge >= 0.3 is 5.97 Å². The van der Waals surface area contributed by atoms with Crippen molar-refractivity contribution in [1.29, 1.82) is 0 Å². The van der Waals surface area contributed by atoms with Gasteiger partial charge in [0.15, 0.2) is 0 Å². The highest BCUT2D eigenvalue weighted by molar-refractivity contribution is 5.80. The maximum atomic E-state index is 12.1. The van der Waals surface area contributed by atoms with Crippen LogP contribution in [0.2, 0.25) is 0 Å².